The van der Waals surface area contributed by atoms with Crippen molar-refractivity contribution >= 4 is 11.8 Å². The number of aliphatic hydroxyl groups excluding tert-OH is 1. The zero-order valence-electron chi connectivity index (χ0n) is 19.0. The fourth-order valence-electron chi connectivity index (χ4n) is 6.57. The largest absolute Gasteiger partial charge is 0.392 e. The first-order valence-corrected chi connectivity index (χ1v) is 11.8. The van der Waals surface area contributed by atoms with Crippen LogP contribution in [-0.2, 0) is 4.79 Å². The number of fused-ring (bicyclic) bond motifs is 1. The normalized spacial score (nSPS) is 36.5. The van der Waals surface area contributed by atoms with Gasteiger partial charge in [-0.3, -0.25) is 9.59 Å². The van der Waals surface area contributed by atoms with E-state index in [4.69, 9.17) is 0 Å². The molecule has 1 aromatic rings. The minimum Gasteiger partial charge on any atom is -0.392 e. The van der Waals surface area contributed by atoms with E-state index in [1.807, 2.05) is 11.8 Å². The predicted octanol–water partition coefficient (Wildman–Crippen LogP) is 2.66. The molecule has 3 fully saturated rings. The van der Waals surface area contributed by atoms with Crippen molar-refractivity contribution in [3.8, 4) is 0 Å². The SMILES string of the molecule is C[C@@H]1[C@@H]2[C@@H](O)[C@H]([C@H](C)C(=O)N3CCCC3)CC[C@]2(C)CC[C@@H]1NC(=O)c1cncnc1. The number of carbonyl (C=O) groups excluding carboxylic acids is 2. The molecule has 2 aliphatic carbocycles. The van der Waals surface area contributed by atoms with Gasteiger partial charge in [0.2, 0.25) is 5.91 Å². The summed E-state index contributed by atoms with van der Waals surface area (Å²) in [7, 11) is 0. The number of nitrogens with one attached hydrogen (secondary N) is 1. The van der Waals surface area contributed by atoms with E-state index in [0.717, 1.165) is 51.6 Å². The summed E-state index contributed by atoms with van der Waals surface area (Å²) in [4.78, 5) is 35.6. The van der Waals surface area contributed by atoms with Gasteiger partial charge in [-0.2, -0.15) is 0 Å². The summed E-state index contributed by atoms with van der Waals surface area (Å²) in [5, 5.41) is 14.7. The van der Waals surface area contributed by atoms with Crippen molar-refractivity contribution in [1.82, 2.24) is 20.2 Å². The number of rotatable bonds is 4. The number of hydrogen-bond donors (Lipinski definition) is 2. The smallest absolute Gasteiger partial charge is 0.254 e. The van der Waals surface area contributed by atoms with Gasteiger partial charge in [0, 0.05) is 37.4 Å². The maximum atomic E-state index is 13.0. The highest BCUT2D eigenvalue weighted by Gasteiger charge is 2.54. The number of aliphatic hydroxyl groups is 1. The van der Waals surface area contributed by atoms with Gasteiger partial charge in [0.15, 0.2) is 0 Å². The molecule has 2 N–H and O–H groups in total. The van der Waals surface area contributed by atoms with Gasteiger partial charge < -0.3 is 15.3 Å². The van der Waals surface area contributed by atoms with Crippen molar-refractivity contribution in [3.63, 3.8) is 0 Å². The number of amides is 2. The van der Waals surface area contributed by atoms with Crippen LogP contribution in [0.2, 0.25) is 0 Å². The first-order valence-electron chi connectivity index (χ1n) is 11.8. The van der Waals surface area contributed by atoms with E-state index in [1.165, 1.54) is 18.7 Å². The van der Waals surface area contributed by atoms with E-state index in [0.29, 0.717) is 5.56 Å². The molecule has 2 amide bonds. The molecule has 0 spiro atoms. The molecule has 1 aliphatic heterocycles. The molecule has 2 heterocycles. The monoisotopic (exact) mass is 428 g/mol. The summed E-state index contributed by atoms with van der Waals surface area (Å²) in [5.41, 5.74) is 0.498. The number of carbonyl (C=O) groups is 2. The lowest BCUT2D eigenvalue weighted by molar-refractivity contribution is -0.149. The minimum absolute atomic E-state index is 0.0104. The second-order valence-corrected chi connectivity index (χ2v) is 10.3. The van der Waals surface area contributed by atoms with Gasteiger partial charge in [-0.15, -0.1) is 0 Å². The topological polar surface area (TPSA) is 95.4 Å². The van der Waals surface area contributed by atoms with Crippen molar-refractivity contribution in [2.45, 2.75) is 71.4 Å². The maximum Gasteiger partial charge on any atom is 0.254 e. The highest BCUT2D eigenvalue weighted by atomic mass is 16.3. The molecule has 1 aromatic heterocycles. The summed E-state index contributed by atoms with van der Waals surface area (Å²) in [6.45, 7) is 8.12. The second-order valence-electron chi connectivity index (χ2n) is 10.3. The Morgan fingerprint density at radius 3 is 2.52 bits per heavy atom. The van der Waals surface area contributed by atoms with Crippen LogP contribution in [0.1, 0.15) is 69.7 Å². The van der Waals surface area contributed by atoms with Gasteiger partial charge in [0.05, 0.1) is 11.7 Å². The third kappa shape index (κ3) is 4.21. The van der Waals surface area contributed by atoms with E-state index in [1.54, 1.807) is 0 Å². The fraction of sp³-hybridized carbons (Fsp3) is 0.750. The molecular weight excluding hydrogens is 392 g/mol. The lowest BCUT2D eigenvalue weighted by atomic mass is 9.51. The van der Waals surface area contributed by atoms with Gasteiger partial charge in [-0.1, -0.05) is 20.8 Å². The van der Waals surface area contributed by atoms with Crippen molar-refractivity contribution in [3.05, 3.63) is 24.3 Å². The first kappa shape index (κ1) is 22.2. The molecule has 0 aromatic carbocycles. The molecule has 0 unspecified atom stereocenters. The third-order valence-corrected chi connectivity index (χ3v) is 8.48. The van der Waals surface area contributed by atoms with Crippen LogP contribution in [0.15, 0.2) is 18.7 Å². The molecule has 4 rings (SSSR count). The molecule has 170 valence electrons. The molecule has 1 saturated heterocycles. The third-order valence-electron chi connectivity index (χ3n) is 8.48. The Balaban J connectivity index is 1.48. The van der Waals surface area contributed by atoms with Crippen molar-refractivity contribution in [2.75, 3.05) is 13.1 Å². The molecule has 31 heavy (non-hydrogen) atoms. The average Bonchev–Trinajstić information content (AvgIpc) is 3.30. The summed E-state index contributed by atoms with van der Waals surface area (Å²) in [5.74, 6) is 0.0280. The molecule has 0 bridgehead atoms. The molecular formula is C24H36N4O3. The summed E-state index contributed by atoms with van der Waals surface area (Å²) in [6, 6.07) is -0.0104. The molecule has 3 aliphatic rings. The van der Waals surface area contributed by atoms with Crippen LogP contribution >= 0.6 is 0 Å². The number of nitrogens with zero attached hydrogens (tertiary/aromatic N) is 3. The van der Waals surface area contributed by atoms with Crippen LogP contribution in [0, 0.1) is 29.1 Å². The number of likely N-dealkylation sites (tertiary alicyclic amines) is 1. The average molecular weight is 429 g/mol. The molecule has 7 atom stereocenters. The minimum atomic E-state index is -0.532. The molecule has 7 heteroatoms. The van der Waals surface area contributed by atoms with Crippen molar-refractivity contribution in [2.24, 2.45) is 29.1 Å². The Morgan fingerprint density at radius 2 is 1.84 bits per heavy atom. The van der Waals surface area contributed by atoms with E-state index in [-0.39, 0.29) is 46.9 Å². The summed E-state index contributed by atoms with van der Waals surface area (Å²) in [6.07, 6.45) is 9.87. The fourth-order valence-corrected chi connectivity index (χ4v) is 6.57. The van der Waals surface area contributed by atoms with E-state index in [9.17, 15) is 14.7 Å². The van der Waals surface area contributed by atoms with Crippen LogP contribution in [0.25, 0.3) is 0 Å². The highest BCUT2D eigenvalue weighted by Crippen LogP contribution is 2.55. The van der Waals surface area contributed by atoms with E-state index < -0.39 is 6.10 Å². The summed E-state index contributed by atoms with van der Waals surface area (Å²) >= 11 is 0. The standard InChI is InChI=1S/C24H36N4O3/c1-15(23(31)28-10-4-5-11-28)18-6-8-24(3)9-7-19(16(2)20(24)21(18)29)27-22(30)17-12-25-14-26-13-17/h12-16,18-21,29H,4-11H2,1-3H3,(H,27,30)/t15-,16-,18-,19-,20+,21-,24+/m0/s1. The Bertz CT molecular complexity index is 797. The van der Waals surface area contributed by atoms with E-state index in [2.05, 4.69) is 29.1 Å². The quantitative estimate of drug-likeness (QED) is 0.769. The number of aromatic nitrogens is 2. The summed E-state index contributed by atoms with van der Waals surface area (Å²) < 4.78 is 0. The van der Waals surface area contributed by atoms with Gasteiger partial charge in [-0.05, 0) is 61.7 Å². The van der Waals surface area contributed by atoms with Crippen LogP contribution in [0.5, 0.6) is 0 Å². The van der Waals surface area contributed by atoms with E-state index >= 15 is 0 Å². The molecule has 7 nitrogen and oxygen atoms in total. The zero-order chi connectivity index (χ0) is 22.2. The number of hydrogen-bond acceptors (Lipinski definition) is 5. The first-order chi connectivity index (χ1) is 14.8. The van der Waals surface area contributed by atoms with Crippen LogP contribution in [0.4, 0.5) is 0 Å². The Labute approximate surface area is 185 Å². The lowest BCUT2D eigenvalue weighted by Crippen LogP contribution is -2.58. The van der Waals surface area contributed by atoms with Crippen LogP contribution in [-0.4, -0.2) is 57.0 Å². The Kier molecular flexibility index (Phi) is 6.33. The van der Waals surface area contributed by atoms with Crippen LogP contribution < -0.4 is 5.32 Å². The highest BCUT2D eigenvalue weighted by molar-refractivity contribution is 5.93. The maximum absolute atomic E-state index is 13.0. The lowest BCUT2D eigenvalue weighted by Gasteiger charge is -2.56. The van der Waals surface area contributed by atoms with Crippen molar-refractivity contribution < 1.29 is 14.7 Å². The van der Waals surface area contributed by atoms with Crippen LogP contribution in [0.3, 0.4) is 0 Å². The zero-order valence-corrected chi connectivity index (χ0v) is 19.0. The molecule has 0 radical (unpaired) electrons. The van der Waals surface area contributed by atoms with Crippen molar-refractivity contribution in [1.29, 1.82) is 0 Å². The Morgan fingerprint density at radius 1 is 1.19 bits per heavy atom. The second kappa shape index (κ2) is 8.85. The predicted molar refractivity (Wildman–Crippen MR) is 117 cm³/mol. The molecule has 2 saturated carbocycles. The van der Waals surface area contributed by atoms with Gasteiger partial charge in [0.1, 0.15) is 6.33 Å². The van der Waals surface area contributed by atoms with Gasteiger partial charge in [-0.25, -0.2) is 9.97 Å². The Hall–Kier alpha value is -2.02. The van der Waals surface area contributed by atoms with Gasteiger partial charge >= 0.3 is 0 Å². The van der Waals surface area contributed by atoms with Gasteiger partial charge in [0.25, 0.3) is 5.91 Å².